The molecule has 0 unspecified atom stereocenters. The Morgan fingerprint density at radius 1 is 1.30 bits per heavy atom. The average molecular weight is 318 g/mol. The Hall–Kier alpha value is -2.70. The number of aliphatic carboxylic acids is 1. The summed E-state index contributed by atoms with van der Waals surface area (Å²) in [7, 11) is 0. The third kappa shape index (κ3) is 3.74. The number of halogens is 1. The van der Waals surface area contributed by atoms with Crippen molar-refractivity contribution in [3.05, 3.63) is 53.2 Å². The normalized spacial score (nSPS) is 13.8. The van der Waals surface area contributed by atoms with E-state index in [-0.39, 0.29) is 12.3 Å². The van der Waals surface area contributed by atoms with Crippen molar-refractivity contribution in [1.29, 1.82) is 0 Å². The first-order valence-corrected chi connectivity index (χ1v) is 7.25. The molecule has 1 amide bonds. The lowest BCUT2D eigenvalue weighted by atomic mass is 10.2. The van der Waals surface area contributed by atoms with E-state index in [1.807, 2.05) is 0 Å². The van der Waals surface area contributed by atoms with Crippen LogP contribution in [0.4, 0.5) is 4.39 Å². The zero-order chi connectivity index (χ0) is 16.4. The lowest BCUT2D eigenvalue weighted by Crippen LogP contribution is -2.35. The Bertz CT molecular complexity index is 722. The van der Waals surface area contributed by atoms with Gasteiger partial charge in [-0.15, -0.1) is 0 Å². The van der Waals surface area contributed by atoms with E-state index in [4.69, 9.17) is 9.63 Å². The Balaban J connectivity index is 1.77. The SMILES string of the molecule is O=C(O)CN(Cc1ccc(F)cc1)C(=O)c1cc(C2CC2)no1. The van der Waals surface area contributed by atoms with E-state index >= 15 is 0 Å². The number of carbonyl (C=O) groups excluding carboxylic acids is 1. The van der Waals surface area contributed by atoms with Crippen LogP contribution in [0.1, 0.15) is 40.6 Å². The topological polar surface area (TPSA) is 83.6 Å². The van der Waals surface area contributed by atoms with E-state index in [2.05, 4.69) is 5.16 Å². The van der Waals surface area contributed by atoms with Gasteiger partial charge >= 0.3 is 5.97 Å². The predicted molar refractivity (Wildman–Crippen MR) is 77.3 cm³/mol. The molecule has 0 radical (unpaired) electrons. The molecule has 7 heteroatoms. The van der Waals surface area contributed by atoms with Crippen LogP contribution in [0.3, 0.4) is 0 Å². The van der Waals surface area contributed by atoms with Gasteiger partial charge in [-0.1, -0.05) is 17.3 Å². The van der Waals surface area contributed by atoms with Gasteiger partial charge in [0.15, 0.2) is 0 Å². The molecule has 2 aromatic rings. The Kier molecular flexibility index (Phi) is 4.10. The Labute approximate surface area is 131 Å². The molecule has 120 valence electrons. The first kappa shape index (κ1) is 15.2. The Morgan fingerprint density at radius 2 is 2.00 bits per heavy atom. The van der Waals surface area contributed by atoms with E-state index in [1.165, 1.54) is 24.3 Å². The minimum atomic E-state index is -1.14. The maximum absolute atomic E-state index is 12.9. The van der Waals surface area contributed by atoms with Gasteiger partial charge in [0.1, 0.15) is 12.4 Å². The van der Waals surface area contributed by atoms with Crippen molar-refractivity contribution in [3.8, 4) is 0 Å². The zero-order valence-electron chi connectivity index (χ0n) is 12.2. The number of aromatic nitrogens is 1. The predicted octanol–water partition coefficient (Wildman–Crippen LogP) is 2.42. The molecule has 1 N–H and O–H groups in total. The number of carboxylic acids is 1. The van der Waals surface area contributed by atoms with Gasteiger partial charge in [-0.2, -0.15) is 0 Å². The number of nitrogens with zero attached hydrogens (tertiary/aromatic N) is 2. The third-order valence-electron chi connectivity index (χ3n) is 3.63. The van der Waals surface area contributed by atoms with Gasteiger partial charge in [0.25, 0.3) is 5.91 Å². The van der Waals surface area contributed by atoms with E-state index < -0.39 is 24.2 Å². The van der Waals surface area contributed by atoms with Crippen molar-refractivity contribution in [2.24, 2.45) is 0 Å². The van der Waals surface area contributed by atoms with Crippen molar-refractivity contribution in [2.75, 3.05) is 6.54 Å². The molecule has 0 aliphatic heterocycles. The Morgan fingerprint density at radius 3 is 2.61 bits per heavy atom. The minimum absolute atomic E-state index is 0.0234. The molecule has 1 heterocycles. The smallest absolute Gasteiger partial charge is 0.323 e. The molecule has 1 aliphatic rings. The summed E-state index contributed by atoms with van der Waals surface area (Å²) in [5.74, 6) is -1.71. The second-order valence-electron chi connectivity index (χ2n) is 5.57. The summed E-state index contributed by atoms with van der Waals surface area (Å²) in [5.41, 5.74) is 1.35. The molecule has 3 rings (SSSR count). The summed E-state index contributed by atoms with van der Waals surface area (Å²) in [4.78, 5) is 24.6. The van der Waals surface area contributed by atoms with Crippen LogP contribution in [0.15, 0.2) is 34.9 Å². The van der Waals surface area contributed by atoms with Crippen LogP contribution in [0.2, 0.25) is 0 Å². The van der Waals surface area contributed by atoms with Crippen LogP contribution < -0.4 is 0 Å². The number of carbonyl (C=O) groups is 2. The number of carboxylic acid groups (broad SMARTS) is 1. The largest absolute Gasteiger partial charge is 0.480 e. The lowest BCUT2D eigenvalue weighted by Gasteiger charge is -2.19. The van der Waals surface area contributed by atoms with Crippen molar-refractivity contribution >= 4 is 11.9 Å². The van der Waals surface area contributed by atoms with E-state index in [0.29, 0.717) is 11.5 Å². The van der Waals surface area contributed by atoms with Crippen molar-refractivity contribution < 1.29 is 23.6 Å². The van der Waals surface area contributed by atoms with Gasteiger partial charge in [-0.3, -0.25) is 9.59 Å². The number of hydrogen-bond donors (Lipinski definition) is 1. The van der Waals surface area contributed by atoms with Crippen LogP contribution in [-0.2, 0) is 11.3 Å². The second kappa shape index (κ2) is 6.20. The molecule has 0 atom stereocenters. The van der Waals surface area contributed by atoms with Gasteiger partial charge < -0.3 is 14.5 Å². The highest BCUT2D eigenvalue weighted by molar-refractivity contribution is 5.93. The molecule has 1 aliphatic carbocycles. The number of amides is 1. The lowest BCUT2D eigenvalue weighted by molar-refractivity contribution is -0.137. The molecule has 6 nitrogen and oxygen atoms in total. The van der Waals surface area contributed by atoms with Crippen LogP contribution in [0.25, 0.3) is 0 Å². The molecule has 1 saturated carbocycles. The summed E-state index contributed by atoms with van der Waals surface area (Å²) in [6, 6.07) is 7.11. The van der Waals surface area contributed by atoms with E-state index in [9.17, 15) is 14.0 Å². The molecule has 1 aromatic carbocycles. The fraction of sp³-hybridized carbons (Fsp3) is 0.312. The summed E-state index contributed by atoms with van der Waals surface area (Å²) in [5, 5.41) is 12.9. The maximum Gasteiger partial charge on any atom is 0.323 e. The monoisotopic (exact) mass is 318 g/mol. The van der Waals surface area contributed by atoms with Crippen LogP contribution in [0, 0.1) is 5.82 Å². The molecular formula is C16H15FN2O4. The van der Waals surface area contributed by atoms with Crippen LogP contribution >= 0.6 is 0 Å². The summed E-state index contributed by atoms with van der Waals surface area (Å²) < 4.78 is 18.0. The zero-order valence-corrected chi connectivity index (χ0v) is 12.2. The molecule has 1 fully saturated rings. The first-order valence-electron chi connectivity index (χ1n) is 7.25. The van der Waals surface area contributed by atoms with Crippen LogP contribution in [-0.4, -0.2) is 33.6 Å². The first-order chi connectivity index (χ1) is 11.0. The highest BCUT2D eigenvalue weighted by Crippen LogP contribution is 2.39. The minimum Gasteiger partial charge on any atom is -0.480 e. The standard InChI is InChI=1S/C16H15FN2O4/c17-12-5-1-10(2-6-12)8-19(9-15(20)21)16(22)14-7-13(18-23-14)11-3-4-11/h1-2,5-7,11H,3-4,8-9H2,(H,20,21). The quantitative estimate of drug-likeness (QED) is 0.884. The fourth-order valence-electron chi connectivity index (χ4n) is 2.29. The summed E-state index contributed by atoms with van der Waals surface area (Å²) in [6.45, 7) is -0.430. The molecular weight excluding hydrogens is 303 g/mol. The molecule has 0 bridgehead atoms. The van der Waals surface area contributed by atoms with Gasteiger partial charge in [0.2, 0.25) is 5.76 Å². The molecule has 0 saturated heterocycles. The number of hydrogen-bond acceptors (Lipinski definition) is 4. The molecule has 0 spiro atoms. The summed E-state index contributed by atoms with van der Waals surface area (Å²) >= 11 is 0. The molecule has 1 aromatic heterocycles. The van der Waals surface area contributed by atoms with Gasteiger partial charge in [0.05, 0.1) is 5.69 Å². The van der Waals surface area contributed by atoms with Gasteiger partial charge in [-0.05, 0) is 30.5 Å². The maximum atomic E-state index is 12.9. The summed E-state index contributed by atoms with van der Waals surface area (Å²) in [6.07, 6.45) is 2.04. The second-order valence-corrected chi connectivity index (χ2v) is 5.57. The van der Waals surface area contributed by atoms with Crippen molar-refractivity contribution in [3.63, 3.8) is 0 Å². The van der Waals surface area contributed by atoms with Gasteiger partial charge in [0, 0.05) is 18.5 Å². The van der Waals surface area contributed by atoms with Crippen LogP contribution in [0.5, 0.6) is 0 Å². The average Bonchev–Trinajstić information content (AvgIpc) is 3.25. The van der Waals surface area contributed by atoms with Gasteiger partial charge in [-0.25, -0.2) is 4.39 Å². The van der Waals surface area contributed by atoms with E-state index in [0.717, 1.165) is 23.4 Å². The highest BCUT2D eigenvalue weighted by Gasteiger charge is 2.30. The fourth-order valence-corrected chi connectivity index (χ4v) is 2.29. The highest BCUT2D eigenvalue weighted by atomic mass is 19.1. The van der Waals surface area contributed by atoms with Crippen molar-refractivity contribution in [1.82, 2.24) is 10.1 Å². The third-order valence-corrected chi connectivity index (χ3v) is 3.63. The number of rotatable bonds is 6. The number of benzene rings is 1. The molecule has 23 heavy (non-hydrogen) atoms. The van der Waals surface area contributed by atoms with Crippen molar-refractivity contribution in [2.45, 2.75) is 25.3 Å². The van der Waals surface area contributed by atoms with E-state index in [1.54, 1.807) is 6.07 Å².